The molecule has 4 rings (SSSR count). The molecule has 0 bridgehead atoms. The van der Waals surface area contributed by atoms with Crippen LogP contribution in [-0.4, -0.2) is 24.2 Å². The van der Waals surface area contributed by atoms with Crippen molar-refractivity contribution in [2.75, 3.05) is 12.1 Å². The number of hydrogen-bond donors (Lipinski definition) is 0. The van der Waals surface area contributed by atoms with Crippen molar-refractivity contribution in [3.8, 4) is 5.75 Å². The van der Waals surface area contributed by atoms with Crippen LogP contribution in [0.2, 0.25) is 0 Å². The van der Waals surface area contributed by atoms with Gasteiger partial charge in [0.2, 0.25) is 5.13 Å². The summed E-state index contributed by atoms with van der Waals surface area (Å²) < 4.78 is 19.8. The van der Waals surface area contributed by atoms with Gasteiger partial charge in [-0.3, -0.25) is 4.79 Å². The second-order valence-corrected chi connectivity index (χ2v) is 7.12. The molecule has 0 aliphatic rings. The Bertz CT molecular complexity index is 1190. The van der Waals surface area contributed by atoms with Gasteiger partial charge in [0.25, 0.3) is 5.91 Å². The van der Waals surface area contributed by atoms with E-state index < -0.39 is 11.7 Å². The molecule has 4 aromatic rings. The zero-order chi connectivity index (χ0) is 20.2. The number of rotatable bonds is 5. The summed E-state index contributed by atoms with van der Waals surface area (Å²) in [6, 6.07) is 20.4. The number of hydrazone groups is 1. The van der Waals surface area contributed by atoms with Crippen molar-refractivity contribution in [3.63, 3.8) is 0 Å². The first-order valence-electron chi connectivity index (χ1n) is 8.78. The molecule has 0 atom stereocenters. The normalized spacial score (nSPS) is 11.1. The predicted octanol–water partition coefficient (Wildman–Crippen LogP) is 5.12. The molecular formula is C22H16FN3O2S. The number of aromatic nitrogens is 1. The number of methoxy groups -OCH3 is 1. The Morgan fingerprint density at radius 1 is 1.10 bits per heavy atom. The molecule has 0 radical (unpaired) electrons. The van der Waals surface area contributed by atoms with E-state index in [2.05, 4.69) is 10.1 Å². The Morgan fingerprint density at radius 3 is 2.69 bits per heavy atom. The highest BCUT2D eigenvalue weighted by Crippen LogP contribution is 2.32. The molecule has 0 fully saturated rings. The Hall–Kier alpha value is -3.58. The molecule has 29 heavy (non-hydrogen) atoms. The second kappa shape index (κ2) is 8.20. The standard InChI is InChI=1S/C22H16FN3O2S/c1-28-18-10-11-19-20(13-18)29-22(25-19)26(24-14-15-6-3-2-4-7-15)21(27)16-8-5-9-17(23)12-16/h2-14H,1H3/b24-14+. The van der Waals surface area contributed by atoms with Gasteiger partial charge in [0.1, 0.15) is 11.6 Å². The van der Waals surface area contributed by atoms with Gasteiger partial charge in [-0.15, -0.1) is 0 Å². The van der Waals surface area contributed by atoms with Gasteiger partial charge in [-0.05, 0) is 42.0 Å². The first-order valence-corrected chi connectivity index (χ1v) is 9.59. The number of fused-ring (bicyclic) bond motifs is 1. The number of carbonyl (C=O) groups excluding carboxylic acids is 1. The third kappa shape index (κ3) is 4.14. The molecular weight excluding hydrogens is 389 g/mol. The van der Waals surface area contributed by atoms with Crippen LogP contribution in [0, 0.1) is 5.82 Å². The van der Waals surface area contributed by atoms with Crippen LogP contribution in [0.25, 0.3) is 10.2 Å². The highest BCUT2D eigenvalue weighted by molar-refractivity contribution is 7.22. The molecule has 1 aromatic heterocycles. The summed E-state index contributed by atoms with van der Waals surface area (Å²) in [7, 11) is 1.59. The summed E-state index contributed by atoms with van der Waals surface area (Å²) >= 11 is 1.30. The molecule has 0 spiro atoms. The fourth-order valence-corrected chi connectivity index (χ4v) is 3.66. The largest absolute Gasteiger partial charge is 0.497 e. The monoisotopic (exact) mass is 405 g/mol. The van der Waals surface area contributed by atoms with Crippen molar-refractivity contribution < 1.29 is 13.9 Å². The SMILES string of the molecule is COc1ccc2nc(N(/N=C/c3ccccc3)C(=O)c3cccc(F)c3)sc2c1. The first kappa shape index (κ1) is 18.8. The molecule has 7 heteroatoms. The number of nitrogens with zero attached hydrogens (tertiary/aromatic N) is 3. The average Bonchev–Trinajstić information content (AvgIpc) is 3.17. The van der Waals surface area contributed by atoms with E-state index in [1.54, 1.807) is 25.5 Å². The minimum absolute atomic E-state index is 0.187. The zero-order valence-corrected chi connectivity index (χ0v) is 16.3. The predicted molar refractivity (Wildman–Crippen MR) is 113 cm³/mol. The van der Waals surface area contributed by atoms with Crippen molar-refractivity contribution in [1.29, 1.82) is 0 Å². The first-order chi connectivity index (χ1) is 14.1. The number of ether oxygens (including phenoxy) is 1. The summed E-state index contributed by atoms with van der Waals surface area (Å²) in [5, 5.41) is 5.94. The Labute approximate surface area is 170 Å². The second-order valence-electron chi connectivity index (χ2n) is 6.11. The van der Waals surface area contributed by atoms with Crippen LogP contribution in [0.1, 0.15) is 15.9 Å². The summed E-state index contributed by atoms with van der Waals surface area (Å²) in [6.45, 7) is 0. The summed E-state index contributed by atoms with van der Waals surface area (Å²) in [5.41, 5.74) is 1.73. The highest BCUT2D eigenvalue weighted by Gasteiger charge is 2.21. The van der Waals surface area contributed by atoms with Gasteiger partial charge in [-0.2, -0.15) is 10.1 Å². The molecule has 1 amide bonds. The van der Waals surface area contributed by atoms with Crippen LogP contribution in [0.3, 0.4) is 0 Å². The maximum Gasteiger partial charge on any atom is 0.280 e. The van der Waals surface area contributed by atoms with Gasteiger partial charge >= 0.3 is 0 Å². The summed E-state index contributed by atoms with van der Waals surface area (Å²) in [4.78, 5) is 17.6. The van der Waals surface area contributed by atoms with Gasteiger partial charge < -0.3 is 4.74 Å². The van der Waals surface area contributed by atoms with Gasteiger partial charge in [-0.1, -0.05) is 47.7 Å². The summed E-state index contributed by atoms with van der Waals surface area (Å²) in [6.07, 6.45) is 1.57. The molecule has 0 aliphatic carbocycles. The van der Waals surface area contributed by atoms with Crippen molar-refractivity contribution in [1.82, 2.24) is 4.98 Å². The number of carbonyl (C=O) groups is 1. The molecule has 0 N–H and O–H groups in total. The van der Waals surface area contributed by atoms with Gasteiger partial charge in [0, 0.05) is 5.56 Å². The minimum atomic E-state index is -0.489. The number of hydrogen-bond acceptors (Lipinski definition) is 5. The molecule has 3 aromatic carbocycles. The fourth-order valence-electron chi connectivity index (χ4n) is 2.71. The van der Waals surface area contributed by atoms with E-state index in [1.807, 2.05) is 42.5 Å². The minimum Gasteiger partial charge on any atom is -0.497 e. The van der Waals surface area contributed by atoms with Crippen LogP contribution < -0.4 is 9.75 Å². The highest BCUT2D eigenvalue weighted by atomic mass is 32.1. The van der Waals surface area contributed by atoms with Crippen molar-refractivity contribution >= 4 is 38.8 Å². The van der Waals surface area contributed by atoms with Gasteiger partial charge in [-0.25, -0.2) is 9.37 Å². The quantitative estimate of drug-likeness (QED) is 0.342. The Balaban J connectivity index is 1.77. The van der Waals surface area contributed by atoms with E-state index in [9.17, 15) is 9.18 Å². The third-order valence-electron chi connectivity index (χ3n) is 4.15. The lowest BCUT2D eigenvalue weighted by Crippen LogP contribution is -2.25. The average molecular weight is 405 g/mol. The van der Waals surface area contributed by atoms with Crippen LogP contribution in [0.15, 0.2) is 77.9 Å². The van der Waals surface area contributed by atoms with Gasteiger partial charge in [0.15, 0.2) is 0 Å². The zero-order valence-electron chi connectivity index (χ0n) is 15.4. The third-order valence-corrected chi connectivity index (χ3v) is 5.14. The molecule has 5 nitrogen and oxygen atoms in total. The van der Waals surface area contributed by atoms with Crippen LogP contribution in [-0.2, 0) is 0 Å². The fraction of sp³-hybridized carbons (Fsp3) is 0.0455. The molecule has 0 aliphatic heterocycles. The van der Waals surface area contributed by atoms with Crippen molar-refractivity contribution in [3.05, 3.63) is 89.7 Å². The van der Waals surface area contributed by atoms with E-state index in [0.717, 1.165) is 15.8 Å². The lowest BCUT2D eigenvalue weighted by Gasteiger charge is -2.13. The topological polar surface area (TPSA) is 54.8 Å². The van der Waals surface area contributed by atoms with E-state index >= 15 is 0 Å². The van der Waals surface area contributed by atoms with Gasteiger partial charge in [0.05, 0.1) is 23.5 Å². The lowest BCUT2D eigenvalue weighted by atomic mass is 10.2. The van der Waals surface area contributed by atoms with E-state index in [1.165, 1.54) is 34.5 Å². The number of amides is 1. The van der Waals surface area contributed by atoms with Crippen LogP contribution in [0.5, 0.6) is 5.75 Å². The maximum absolute atomic E-state index is 13.7. The smallest absolute Gasteiger partial charge is 0.280 e. The molecule has 0 saturated heterocycles. The van der Waals surface area contributed by atoms with E-state index in [4.69, 9.17) is 4.74 Å². The lowest BCUT2D eigenvalue weighted by molar-refractivity contribution is 0.0987. The van der Waals surface area contributed by atoms with Crippen molar-refractivity contribution in [2.24, 2.45) is 5.10 Å². The number of benzene rings is 3. The van der Waals surface area contributed by atoms with E-state index in [0.29, 0.717) is 10.9 Å². The maximum atomic E-state index is 13.7. The number of thiazole rings is 1. The molecule has 0 saturated carbocycles. The number of halogens is 1. The Morgan fingerprint density at radius 2 is 1.93 bits per heavy atom. The molecule has 1 heterocycles. The Kier molecular flexibility index (Phi) is 5.31. The van der Waals surface area contributed by atoms with E-state index in [-0.39, 0.29) is 5.56 Å². The van der Waals surface area contributed by atoms with Crippen LogP contribution >= 0.6 is 11.3 Å². The van der Waals surface area contributed by atoms with Crippen molar-refractivity contribution in [2.45, 2.75) is 0 Å². The van der Waals surface area contributed by atoms with Crippen LogP contribution in [0.4, 0.5) is 9.52 Å². The molecule has 144 valence electrons. The summed E-state index contributed by atoms with van der Waals surface area (Å²) in [5.74, 6) is -0.261. The molecule has 0 unspecified atom stereocenters. The number of anilines is 1.